The lowest BCUT2D eigenvalue weighted by atomic mass is 9.94. The first-order valence-electron chi connectivity index (χ1n) is 8.61. The highest BCUT2D eigenvalue weighted by Gasteiger charge is 2.29. The van der Waals surface area contributed by atoms with E-state index < -0.39 is 0 Å². The minimum absolute atomic E-state index is 0.477. The molecule has 5 heteroatoms. The van der Waals surface area contributed by atoms with Crippen molar-refractivity contribution < 1.29 is 4.74 Å². The van der Waals surface area contributed by atoms with Gasteiger partial charge < -0.3 is 15.0 Å². The summed E-state index contributed by atoms with van der Waals surface area (Å²) >= 11 is 0. The Morgan fingerprint density at radius 2 is 2.12 bits per heavy atom. The van der Waals surface area contributed by atoms with Crippen molar-refractivity contribution in [3.63, 3.8) is 0 Å². The number of anilines is 1. The van der Waals surface area contributed by atoms with Gasteiger partial charge in [-0.05, 0) is 36.6 Å². The van der Waals surface area contributed by atoms with Gasteiger partial charge in [-0.2, -0.15) is 5.26 Å². The van der Waals surface area contributed by atoms with Crippen molar-refractivity contribution in [1.29, 1.82) is 5.26 Å². The average Bonchev–Trinajstić information content (AvgIpc) is 2.56. The highest BCUT2D eigenvalue weighted by atomic mass is 16.5. The van der Waals surface area contributed by atoms with Crippen LogP contribution in [0.4, 0.5) is 5.69 Å². The fourth-order valence-electron chi connectivity index (χ4n) is 3.86. The highest BCUT2D eigenvalue weighted by Crippen LogP contribution is 2.31. The fraction of sp³-hybridized carbons (Fsp3) is 0.474. The second-order valence-corrected chi connectivity index (χ2v) is 6.99. The zero-order chi connectivity index (χ0) is 16.5. The molecule has 0 spiro atoms. The summed E-state index contributed by atoms with van der Waals surface area (Å²) in [6, 6.07) is 11.2. The summed E-state index contributed by atoms with van der Waals surface area (Å²) in [5.41, 5.74) is 2.62. The number of hydrogen-bond acceptors (Lipinski definition) is 5. The number of nitrogens with zero attached hydrogens (tertiary/aromatic N) is 3. The largest absolute Gasteiger partial charge is 0.378 e. The Kier molecular flexibility index (Phi) is 4.09. The van der Waals surface area contributed by atoms with E-state index in [1.165, 1.54) is 12.1 Å². The Hall–Kier alpha value is -2.16. The van der Waals surface area contributed by atoms with Crippen molar-refractivity contribution in [2.24, 2.45) is 5.92 Å². The number of fused-ring (bicyclic) bond motifs is 1. The Balaban J connectivity index is 1.64. The van der Waals surface area contributed by atoms with Gasteiger partial charge in [-0.3, -0.25) is 4.98 Å². The molecule has 124 valence electrons. The van der Waals surface area contributed by atoms with E-state index in [4.69, 9.17) is 4.74 Å². The average molecular weight is 322 g/mol. The van der Waals surface area contributed by atoms with Crippen LogP contribution in [-0.2, 0) is 4.74 Å². The molecule has 1 N–H and O–H groups in total. The van der Waals surface area contributed by atoms with Crippen molar-refractivity contribution >= 4 is 16.6 Å². The molecule has 2 aliphatic rings. The molecular formula is C19H22N4O. The van der Waals surface area contributed by atoms with Crippen LogP contribution in [0.25, 0.3) is 10.9 Å². The molecule has 2 aliphatic heterocycles. The van der Waals surface area contributed by atoms with Gasteiger partial charge >= 0.3 is 0 Å². The van der Waals surface area contributed by atoms with Crippen molar-refractivity contribution in [2.75, 3.05) is 31.2 Å². The third-order valence-corrected chi connectivity index (χ3v) is 4.98. The third-order valence-electron chi connectivity index (χ3n) is 4.98. The van der Waals surface area contributed by atoms with Crippen LogP contribution in [-0.4, -0.2) is 43.4 Å². The van der Waals surface area contributed by atoms with E-state index in [0.717, 1.165) is 37.2 Å². The normalized spacial score (nSPS) is 24.6. The maximum Gasteiger partial charge on any atom is 0.101 e. The molecule has 0 unspecified atom stereocenters. The van der Waals surface area contributed by atoms with E-state index in [1.54, 1.807) is 6.20 Å². The van der Waals surface area contributed by atoms with Crippen LogP contribution in [0.3, 0.4) is 0 Å². The lowest BCUT2D eigenvalue weighted by Crippen LogP contribution is -2.56. The van der Waals surface area contributed by atoms with Gasteiger partial charge in [0.2, 0.25) is 0 Å². The minimum atomic E-state index is 0.477. The van der Waals surface area contributed by atoms with E-state index in [2.05, 4.69) is 40.3 Å². The molecule has 0 radical (unpaired) electrons. The van der Waals surface area contributed by atoms with Crippen molar-refractivity contribution in [3.8, 4) is 6.07 Å². The lowest BCUT2D eigenvalue weighted by molar-refractivity contribution is -0.0114. The summed E-state index contributed by atoms with van der Waals surface area (Å²) in [6.45, 7) is 5.98. The van der Waals surface area contributed by atoms with Gasteiger partial charge in [-0.25, -0.2) is 0 Å². The fourth-order valence-corrected chi connectivity index (χ4v) is 3.86. The maximum atomic E-state index is 9.33. The molecule has 24 heavy (non-hydrogen) atoms. The standard InChI is InChI=1S/C19H22N4O/c1-13-7-15(22-16-11-24-12-16)10-23(9-13)18-5-4-14(8-20)19-17(18)3-2-6-21-19/h2-6,13,15-16,22H,7,9-12H2,1H3/t13-,15+/m0/s1. The quantitative estimate of drug-likeness (QED) is 0.939. The molecule has 5 nitrogen and oxygen atoms in total. The zero-order valence-electron chi connectivity index (χ0n) is 13.9. The molecule has 1 aromatic carbocycles. The van der Waals surface area contributed by atoms with Crippen LogP contribution in [0, 0.1) is 17.2 Å². The summed E-state index contributed by atoms with van der Waals surface area (Å²) in [6.07, 6.45) is 2.95. The number of pyridine rings is 1. The molecule has 2 fully saturated rings. The Labute approximate surface area is 142 Å². The summed E-state index contributed by atoms with van der Waals surface area (Å²) in [7, 11) is 0. The number of nitriles is 1. The van der Waals surface area contributed by atoms with E-state index in [9.17, 15) is 5.26 Å². The summed E-state index contributed by atoms with van der Waals surface area (Å²) < 4.78 is 5.28. The number of aromatic nitrogens is 1. The predicted octanol–water partition coefficient (Wildman–Crippen LogP) is 2.31. The van der Waals surface area contributed by atoms with Crippen LogP contribution >= 0.6 is 0 Å². The predicted molar refractivity (Wildman–Crippen MR) is 94.0 cm³/mol. The van der Waals surface area contributed by atoms with Crippen molar-refractivity contribution in [3.05, 3.63) is 36.0 Å². The number of piperidine rings is 1. The molecule has 1 aromatic heterocycles. The van der Waals surface area contributed by atoms with Gasteiger partial charge in [0.15, 0.2) is 0 Å². The second kappa shape index (κ2) is 6.39. The van der Waals surface area contributed by atoms with E-state index in [-0.39, 0.29) is 0 Å². The number of rotatable bonds is 3. The van der Waals surface area contributed by atoms with Crippen LogP contribution in [0.15, 0.2) is 30.5 Å². The third kappa shape index (κ3) is 2.83. The van der Waals surface area contributed by atoms with Crippen LogP contribution in [0.1, 0.15) is 18.9 Å². The van der Waals surface area contributed by atoms with Gasteiger partial charge in [-0.1, -0.05) is 6.92 Å². The van der Waals surface area contributed by atoms with Gasteiger partial charge in [0.1, 0.15) is 6.07 Å². The maximum absolute atomic E-state index is 9.33. The molecule has 2 saturated heterocycles. The molecular weight excluding hydrogens is 300 g/mol. The lowest BCUT2D eigenvalue weighted by Gasteiger charge is -2.41. The molecule has 0 bridgehead atoms. The van der Waals surface area contributed by atoms with Crippen molar-refractivity contribution in [1.82, 2.24) is 10.3 Å². The zero-order valence-corrected chi connectivity index (χ0v) is 13.9. The molecule has 0 aliphatic carbocycles. The molecule has 2 atom stereocenters. The Bertz CT molecular complexity index is 781. The Morgan fingerprint density at radius 3 is 2.88 bits per heavy atom. The smallest absolute Gasteiger partial charge is 0.101 e. The molecule has 2 aromatic rings. The molecule has 4 rings (SSSR count). The van der Waals surface area contributed by atoms with E-state index in [1.807, 2.05) is 12.1 Å². The van der Waals surface area contributed by atoms with Crippen LogP contribution in [0.5, 0.6) is 0 Å². The number of hydrogen-bond donors (Lipinski definition) is 1. The van der Waals surface area contributed by atoms with Crippen LogP contribution < -0.4 is 10.2 Å². The second-order valence-electron chi connectivity index (χ2n) is 6.99. The SMILES string of the molecule is C[C@H]1C[C@@H](NC2COC2)CN(c2ccc(C#N)c3ncccc23)C1. The summed E-state index contributed by atoms with van der Waals surface area (Å²) in [4.78, 5) is 6.88. The topological polar surface area (TPSA) is 61.2 Å². The first-order valence-corrected chi connectivity index (χ1v) is 8.61. The first-order chi connectivity index (χ1) is 11.7. The van der Waals surface area contributed by atoms with Gasteiger partial charge in [-0.15, -0.1) is 0 Å². The molecule has 0 saturated carbocycles. The summed E-state index contributed by atoms with van der Waals surface area (Å²) in [5, 5.41) is 14.1. The number of nitrogens with one attached hydrogen (secondary N) is 1. The monoisotopic (exact) mass is 322 g/mol. The minimum Gasteiger partial charge on any atom is -0.378 e. The highest BCUT2D eigenvalue weighted by molar-refractivity contribution is 5.95. The van der Waals surface area contributed by atoms with Gasteiger partial charge in [0, 0.05) is 36.4 Å². The van der Waals surface area contributed by atoms with Crippen molar-refractivity contribution in [2.45, 2.75) is 25.4 Å². The summed E-state index contributed by atoms with van der Waals surface area (Å²) in [5.74, 6) is 0.625. The van der Waals surface area contributed by atoms with E-state index >= 15 is 0 Å². The van der Waals surface area contributed by atoms with Gasteiger partial charge in [0.05, 0.1) is 30.3 Å². The van der Waals surface area contributed by atoms with Crippen LogP contribution in [0.2, 0.25) is 0 Å². The Morgan fingerprint density at radius 1 is 1.25 bits per heavy atom. The molecule has 3 heterocycles. The number of ether oxygens (including phenoxy) is 1. The van der Waals surface area contributed by atoms with E-state index in [0.29, 0.717) is 23.6 Å². The first kappa shape index (κ1) is 15.4. The molecule has 0 amide bonds. The number of benzene rings is 1. The van der Waals surface area contributed by atoms with Gasteiger partial charge in [0.25, 0.3) is 0 Å².